The van der Waals surface area contributed by atoms with E-state index in [4.69, 9.17) is 5.73 Å². The number of imidazole rings is 1. The first kappa shape index (κ1) is 14.0. The Morgan fingerprint density at radius 2 is 2.11 bits per heavy atom. The fourth-order valence-corrected chi connectivity index (χ4v) is 2.55. The standard InChI is InChI=1S/C14H22N4O/c1-9-16-12-7-10(5-6-13(12)18(9)4)14(17(2)3)11(15)8-19/h5-7,11,14,19H,8,15H2,1-4H3. The second kappa shape index (κ2) is 5.28. The van der Waals surface area contributed by atoms with E-state index in [0.29, 0.717) is 0 Å². The van der Waals surface area contributed by atoms with Gasteiger partial charge in [0, 0.05) is 13.1 Å². The Kier molecular flexibility index (Phi) is 3.89. The normalized spacial score (nSPS) is 15.1. The van der Waals surface area contributed by atoms with E-state index in [2.05, 4.69) is 27.8 Å². The summed E-state index contributed by atoms with van der Waals surface area (Å²) in [6.07, 6.45) is 0. The zero-order valence-electron chi connectivity index (χ0n) is 12.0. The molecule has 0 aliphatic rings. The number of hydrogen-bond donors (Lipinski definition) is 2. The van der Waals surface area contributed by atoms with Crippen LogP contribution in [0.15, 0.2) is 18.2 Å². The van der Waals surface area contributed by atoms with E-state index >= 15 is 0 Å². The van der Waals surface area contributed by atoms with Gasteiger partial charge in [0.2, 0.25) is 0 Å². The predicted molar refractivity (Wildman–Crippen MR) is 76.9 cm³/mol. The highest BCUT2D eigenvalue weighted by molar-refractivity contribution is 5.77. The molecule has 1 aromatic carbocycles. The number of nitrogens with zero attached hydrogens (tertiary/aromatic N) is 3. The molecular weight excluding hydrogens is 240 g/mol. The summed E-state index contributed by atoms with van der Waals surface area (Å²) < 4.78 is 2.07. The smallest absolute Gasteiger partial charge is 0.106 e. The van der Waals surface area contributed by atoms with Gasteiger partial charge in [-0.15, -0.1) is 0 Å². The van der Waals surface area contributed by atoms with Gasteiger partial charge in [0.15, 0.2) is 0 Å². The maximum atomic E-state index is 9.31. The Bertz CT molecular complexity index is 576. The molecular formula is C14H22N4O. The molecule has 2 rings (SSSR count). The van der Waals surface area contributed by atoms with Crippen molar-refractivity contribution in [3.05, 3.63) is 29.6 Å². The topological polar surface area (TPSA) is 67.3 Å². The maximum Gasteiger partial charge on any atom is 0.106 e. The van der Waals surface area contributed by atoms with Gasteiger partial charge in [0.05, 0.1) is 23.7 Å². The third kappa shape index (κ3) is 2.49. The molecule has 19 heavy (non-hydrogen) atoms. The molecule has 0 saturated heterocycles. The van der Waals surface area contributed by atoms with Crippen LogP contribution in [0.2, 0.25) is 0 Å². The molecule has 104 valence electrons. The second-order valence-corrected chi connectivity index (χ2v) is 5.22. The van der Waals surface area contributed by atoms with Gasteiger partial charge in [0.25, 0.3) is 0 Å². The number of aliphatic hydroxyl groups is 1. The predicted octanol–water partition coefficient (Wildman–Crippen LogP) is 0.804. The van der Waals surface area contributed by atoms with E-state index in [-0.39, 0.29) is 18.7 Å². The maximum absolute atomic E-state index is 9.31. The zero-order valence-corrected chi connectivity index (χ0v) is 12.0. The molecule has 1 aromatic heterocycles. The average molecular weight is 262 g/mol. The molecule has 2 unspecified atom stereocenters. The molecule has 2 aromatic rings. The summed E-state index contributed by atoms with van der Waals surface area (Å²) in [6.45, 7) is 1.95. The minimum absolute atomic E-state index is 0.0169. The van der Waals surface area contributed by atoms with Gasteiger partial charge >= 0.3 is 0 Å². The number of nitrogens with two attached hydrogens (primary N) is 1. The van der Waals surface area contributed by atoms with Crippen LogP contribution in [0.3, 0.4) is 0 Å². The van der Waals surface area contributed by atoms with E-state index in [1.54, 1.807) is 0 Å². The Morgan fingerprint density at radius 1 is 1.42 bits per heavy atom. The number of aryl methyl sites for hydroxylation is 2. The first-order valence-corrected chi connectivity index (χ1v) is 6.41. The Morgan fingerprint density at radius 3 is 2.68 bits per heavy atom. The van der Waals surface area contributed by atoms with Gasteiger partial charge in [-0.1, -0.05) is 6.07 Å². The Labute approximate surface area is 113 Å². The van der Waals surface area contributed by atoms with E-state index in [0.717, 1.165) is 22.4 Å². The molecule has 0 spiro atoms. The van der Waals surface area contributed by atoms with Crippen LogP contribution < -0.4 is 5.73 Å². The fourth-order valence-electron chi connectivity index (χ4n) is 2.55. The summed E-state index contributed by atoms with van der Waals surface area (Å²) in [6, 6.07) is 5.85. The van der Waals surface area contributed by atoms with Crippen molar-refractivity contribution in [1.29, 1.82) is 0 Å². The van der Waals surface area contributed by atoms with Crippen molar-refractivity contribution in [2.24, 2.45) is 12.8 Å². The lowest BCUT2D eigenvalue weighted by Gasteiger charge is -2.29. The minimum atomic E-state index is -0.308. The minimum Gasteiger partial charge on any atom is -0.395 e. The molecule has 3 N–H and O–H groups in total. The van der Waals surface area contributed by atoms with Crippen LogP contribution in [0.25, 0.3) is 11.0 Å². The highest BCUT2D eigenvalue weighted by atomic mass is 16.3. The van der Waals surface area contributed by atoms with Crippen LogP contribution >= 0.6 is 0 Å². The van der Waals surface area contributed by atoms with E-state index in [1.807, 2.05) is 33.0 Å². The number of aliphatic hydroxyl groups excluding tert-OH is 1. The van der Waals surface area contributed by atoms with Crippen molar-refractivity contribution in [1.82, 2.24) is 14.5 Å². The van der Waals surface area contributed by atoms with Crippen LogP contribution in [0.1, 0.15) is 17.4 Å². The van der Waals surface area contributed by atoms with Crippen molar-refractivity contribution in [3.8, 4) is 0 Å². The largest absolute Gasteiger partial charge is 0.395 e. The highest BCUT2D eigenvalue weighted by Crippen LogP contribution is 2.25. The zero-order chi connectivity index (χ0) is 14.2. The quantitative estimate of drug-likeness (QED) is 0.855. The van der Waals surface area contributed by atoms with Gasteiger partial charge in [0.1, 0.15) is 5.82 Å². The van der Waals surface area contributed by atoms with Crippen molar-refractivity contribution in [2.75, 3.05) is 20.7 Å². The first-order valence-electron chi connectivity index (χ1n) is 6.41. The van der Waals surface area contributed by atoms with Crippen LogP contribution in [-0.2, 0) is 7.05 Å². The lowest BCUT2D eigenvalue weighted by atomic mass is 9.99. The number of benzene rings is 1. The second-order valence-electron chi connectivity index (χ2n) is 5.22. The van der Waals surface area contributed by atoms with Gasteiger partial charge < -0.3 is 20.3 Å². The molecule has 0 fully saturated rings. The highest BCUT2D eigenvalue weighted by Gasteiger charge is 2.22. The van der Waals surface area contributed by atoms with E-state index < -0.39 is 0 Å². The molecule has 2 atom stereocenters. The van der Waals surface area contributed by atoms with Crippen molar-refractivity contribution in [2.45, 2.75) is 19.0 Å². The van der Waals surface area contributed by atoms with Gasteiger partial charge in [-0.05, 0) is 38.7 Å². The SMILES string of the molecule is Cc1nc2cc(C(C(N)CO)N(C)C)ccc2n1C. The summed E-state index contributed by atoms with van der Waals surface area (Å²) in [7, 11) is 5.94. The lowest BCUT2D eigenvalue weighted by molar-refractivity contribution is 0.181. The van der Waals surface area contributed by atoms with Gasteiger partial charge in [-0.3, -0.25) is 0 Å². The number of aromatic nitrogens is 2. The molecule has 0 aliphatic carbocycles. The first-order chi connectivity index (χ1) is 8.95. The number of fused-ring (bicyclic) bond motifs is 1. The van der Waals surface area contributed by atoms with Crippen LogP contribution in [0.5, 0.6) is 0 Å². The monoisotopic (exact) mass is 262 g/mol. The van der Waals surface area contributed by atoms with E-state index in [1.165, 1.54) is 0 Å². The van der Waals surface area contributed by atoms with Crippen LogP contribution in [0, 0.1) is 6.92 Å². The Hall–Kier alpha value is -1.43. The van der Waals surface area contributed by atoms with Crippen molar-refractivity contribution in [3.63, 3.8) is 0 Å². The molecule has 0 bridgehead atoms. The summed E-state index contributed by atoms with van der Waals surface area (Å²) in [5.74, 6) is 0.986. The average Bonchev–Trinajstić information content (AvgIpc) is 2.64. The molecule has 0 saturated carbocycles. The van der Waals surface area contributed by atoms with Crippen LogP contribution in [0.4, 0.5) is 0 Å². The molecule has 5 heteroatoms. The summed E-state index contributed by atoms with van der Waals surface area (Å²) in [4.78, 5) is 6.57. The summed E-state index contributed by atoms with van der Waals surface area (Å²) >= 11 is 0. The number of hydrogen-bond acceptors (Lipinski definition) is 4. The van der Waals surface area contributed by atoms with Crippen molar-refractivity contribution >= 4 is 11.0 Å². The number of likely N-dealkylation sites (N-methyl/N-ethyl adjacent to an activating group) is 1. The molecule has 0 aliphatic heterocycles. The van der Waals surface area contributed by atoms with Crippen LogP contribution in [-0.4, -0.2) is 46.3 Å². The van der Waals surface area contributed by atoms with Crippen molar-refractivity contribution < 1.29 is 5.11 Å². The molecule has 1 heterocycles. The van der Waals surface area contributed by atoms with E-state index in [9.17, 15) is 5.11 Å². The van der Waals surface area contributed by atoms with Gasteiger partial charge in [-0.25, -0.2) is 4.98 Å². The summed E-state index contributed by atoms with van der Waals surface area (Å²) in [5.41, 5.74) is 9.17. The molecule has 5 nitrogen and oxygen atoms in total. The fraction of sp³-hybridized carbons (Fsp3) is 0.500. The lowest BCUT2D eigenvalue weighted by Crippen LogP contribution is -2.39. The third-order valence-electron chi connectivity index (χ3n) is 3.64. The summed E-state index contributed by atoms with van der Waals surface area (Å²) in [5, 5.41) is 9.31. The number of rotatable bonds is 4. The molecule has 0 radical (unpaired) electrons. The third-order valence-corrected chi connectivity index (χ3v) is 3.64. The Balaban J connectivity index is 2.49. The molecule has 0 amide bonds. The van der Waals surface area contributed by atoms with Gasteiger partial charge in [-0.2, -0.15) is 0 Å².